The zero-order valence-electron chi connectivity index (χ0n) is 13.6. The lowest BCUT2D eigenvalue weighted by atomic mass is 9.98. The molecular formula is C18H20N4O3. The largest absolute Gasteiger partial charge is 0.447 e. The number of nitrogens with two attached hydrogens (primary N) is 1. The fraction of sp³-hybridized carbons (Fsp3) is 0.222. The Morgan fingerprint density at radius 1 is 0.960 bits per heavy atom. The number of urea groups is 1. The van der Waals surface area contributed by atoms with Gasteiger partial charge in [0, 0.05) is 19.0 Å². The molecule has 2 aromatic rings. The maximum absolute atomic E-state index is 11.8. The first-order valence-corrected chi connectivity index (χ1v) is 8.05. The number of hydrogen-bond donors (Lipinski definition) is 4. The first kappa shape index (κ1) is 16.8. The maximum atomic E-state index is 11.8. The van der Waals surface area contributed by atoms with Crippen LogP contribution in [0.5, 0.6) is 0 Å². The molecular weight excluding hydrogens is 320 g/mol. The first-order chi connectivity index (χ1) is 12.2. The molecule has 0 radical (unpaired) electrons. The number of fused-ring (bicyclic) bond motifs is 3. The number of ether oxygens (including phenoxy) is 1. The van der Waals surface area contributed by atoms with Crippen molar-refractivity contribution in [2.75, 3.05) is 19.7 Å². The Morgan fingerprint density at radius 2 is 1.56 bits per heavy atom. The lowest BCUT2D eigenvalue weighted by molar-refractivity contribution is 0.138. The van der Waals surface area contributed by atoms with Gasteiger partial charge in [-0.05, 0) is 22.3 Å². The van der Waals surface area contributed by atoms with E-state index >= 15 is 0 Å². The molecule has 0 unspecified atom stereocenters. The Labute approximate surface area is 145 Å². The van der Waals surface area contributed by atoms with E-state index in [0.29, 0.717) is 13.1 Å². The molecule has 3 rings (SSSR count). The predicted molar refractivity (Wildman–Crippen MR) is 93.8 cm³/mol. The van der Waals surface area contributed by atoms with E-state index in [4.69, 9.17) is 10.5 Å². The van der Waals surface area contributed by atoms with Gasteiger partial charge in [-0.3, -0.25) is 0 Å². The standard InChI is InChI=1S/C18H20N4O3/c19-9-10-20-17(23)21-22-18(24)25-11-16-14-7-3-1-5-12(14)13-6-2-4-8-15(13)16/h1-8,16H,9-11,19H2,(H,22,24)(H2,20,21,23). The number of hydrogen-bond acceptors (Lipinski definition) is 4. The van der Waals surface area contributed by atoms with Crippen LogP contribution in [0.3, 0.4) is 0 Å². The molecule has 0 heterocycles. The molecule has 0 fully saturated rings. The van der Waals surface area contributed by atoms with Crippen LogP contribution in [0.4, 0.5) is 9.59 Å². The minimum absolute atomic E-state index is 0.0239. The van der Waals surface area contributed by atoms with Gasteiger partial charge in [-0.1, -0.05) is 48.5 Å². The number of amides is 3. The van der Waals surface area contributed by atoms with E-state index in [1.807, 2.05) is 36.4 Å². The monoisotopic (exact) mass is 340 g/mol. The third-order valence-electron chi connectivity index (χ3n) is 4.05. The van der Waals surface area contributed by atoms with E-state index in [0.717, 1.165) is 22.3 Å². The van der Waals surface area contributed by atoms with E-state index in [1.165, 1.54) is 0 Å². The average molecular weight is 340 g/mol. The van der Waals surface area contributed by atoms with E-state index in [9.17, 15) is 9.59 Å². The van der Waals surface area contributed by atoms with Crippen LogP contribution in [0.1, 0.15) is 17.0 Å². The van der Waals surface area contributed by atoms with Crippen LogP contribution in [0, 0.1) is 0 Å². The molecule has 0 aromatic heterocycles. The summed E-state index contributed by atoms with van der Waals surface area (Å²) in [5.41, 5.74) is 14.3. The van der Waals surface area contributed by atoms with Crippen LogP contribution in [0.15, 0.2) is 48.5 Å². The van der Waals surface area contributed by atoms with Crippen LogP contribution in [0.2, 0.25) is 0 Å². The number of carbonyl (C=O) groups is 2. The van der Waals surface area contributed by atoms with E-state index < -0.39 is 12.1 Å². The second kappa shape index (κ2) is 7.67. The SMILES string of the molecule is NCCNC(=O)NNC(=O)OCC1c2ccccc2-c2ccccc21. The second-order valence-electron chi connectivity index (χ2n) is 5.62. The third kappa shape index (κ3) is 3.72. The molecule has 2 aromatic carbocycles. The van der Waals surface area contributed by atoms with Gasteiger partial charge in [0.1, 0.15) is 6.61 Å². The molecule has 25 heavy (non-hydrogen) atoms. The molecule has 130 valence electrons. The summed E-state index contributed by atoms with van der Waals surface area (Å²) in [4.78, 5) is 23.1. The number of nitrogens with one attached hydrogen (secondary N) is 3. The Kier molecular flexibility index (Phi) is 5.15. The van der Waals surface area contributed by atoms with Gasteiger partial charge in [0.15, 0.2) is 0 Å². The molecule has 1 aliphatic rings. The van der Waals surface area contributed by atoms with E-state index in [2.05, 4.69) is 28.3 Å². The fourth-order valence-corrected chi connectivity index (χ4v) is 2.97. The molecule has 5 N–H and O–H groups in total. The smallest absolute Gasteiger partial charge is 0.426 e. The van der Waals surface area contributed by atoms with Crippen molar-refractivity contribution in [3.05, 3.63) is 59.7 Å². The summed E-state index contributed by atoms with van der Waals surface area (Å²) in [5, 5.41) is 2.47. The van der Waals surface area contributed by atoms with Crippen LogP contribution in [-0.4, -0.2) is 31.8 Å². The summed E-state index contributed by atoms with van der Waals surface area (Å²) in [7, 11) is 0. The highest BCUT2D eigenvalue weighted by Crippen LogP contribution is 2.44. The molecule has 0 saturated carbocycles. The average Bonchev–Trinajstić information content (AvgIpc) is 2.97. The van der Waals surface area contributed by atoms with Gasteiger partial charge >= 0.3 is 12.1 Å². The van der Waals surface area contributed by atoms with Gasteiger partial charge in [-0.2, -0.15) is 0 Å². The van der Waals surface area contributed by atoms with Crippen LogP contribution >= 0.6 is 0 Å². The number of hydrazine groups is 1. The fourth-order valence-electron chi connectivity index (χ4n) is 2.97. The van der Waals surface area contributed by atoms with E-state index in [-0.39, 0.29) is 12.5 Å². The summed E-state index contributed by atoms with van der Waals surface area (Å²) in [6, 6.07) is 15.6. The summed E-state index contributed by atoms with van der Waals surface area (Å²) < 4.78 is 5.28. The Bertz CT molecular complexity index is 733. The lowest BCUT2D eigenvalue weighted by Crippen LogP contribution is -2.48. The van der Waals surface area contributed by atoms with Crippen molar-refractivity contribution in [3.63, 3.8) is 0 Å². The maximum Gasteiger partial charge on any atom is 0.426 e. The van der Waals surface area contributed by atoms with Crippen molar-refractivity contribution in [3.8, 4) is 11.1 Å². The summed E-state index contributed by atoms with van der Waals surface area (Å²) >= 11 is 0. The van der Waals surface area contributed by atoms with Crippen molar-refractivity contribution >= 4 is 12.1 Å². The van der Waals surface area contributed by atoms with Gasteiger partial charge in [0.25, 0.3) is 0 Å². The van der Waals surface area contributed by atoms with Crippen LogP contribution in [0.25, 0.3) is 11.1 Å². The molecule has 0 spiro atoms. The number of carbonyl (C=O) groups excluding carboxylic acids is 2. The molecule has 0 bridgehead atoms. The van der Waals surface area contributed by atoms with Crippen LogP contribution < -0.4 is 21.9 Å². The van der Waals surface area contributed by atoms with Crippen molar-refractivity contribution in [2.24, 2.45) is 5.73 Å². The highest BCUT2D eigenvalue weighted by atomic mass is 16.6. The Balaban J connectivity index is 1.60. The van der Waals surface area contributed by atoms with Gasteiger partial charge in [0.2, 0.25) is 0 Å². The first-order valence-electron chi connectivity index (χ1n) is 8.05. The van der Waals surface area contributed by atoms with Gasteiger partial charge < -0.3 is 15.8 Å². The summed E-state index contributed by atoms with van der Waals surface area (Å²) in [6.45, 7) is 0.822. The molecule has 1 aliphatic carbocycles. The minimum Gasteiger partial charge on any atom is -0.447 e. The quantitative estimate of drug-likeness (QED) is 0.636. The van der Waals surface area contributed by atoms with Gasteiger partial charge in [-0.15, -0.1) is 0 Å². The van der Waals surface area contributed by atoms with Crippen molar-refractivity contribution < 1.29 is 14.3 Å². The topological polar surface area (TPSA) is 105 Å². The zero-order chi connectivity index (χ0) is 17.6. The Morgan fingerprint density at radius 3 is 2.16 bits per heavy atom. The highest BCUT2D eigenvalue weighted by Gasteiger charge is 2.28. The highest BCUT2D eigenvalue weighted by molar-refractivity contribution is 5.79. The van der Waals surface area contributed by atoms with Crippen molar-refractivity contribution in [1.82, 2.24) is 16.2 Å². The van der Waals surface area contributed by atoms with Crippen LogP contribution in [-0.2, 0) is 4.74 Å². The normalized spacial score (nSPS) is 12.0. The van der Waals surface area contributed by atoms with Gasteiger partial charge in [0.05, 0.1) is 0 Å². The predicted octanol–water partition coefficient (Wildman–Crippen LogP) is 1.70. The van der Waals surface area contributed by atoms with E-state index in [1.54, 1.807) is 0 Å². The molecule has 0 aliphatic heterocycles. The minimum atomic E-state index is -0.718. The van der Waals surface area contributed by atoms with Gasteiger partial charge in [-0.25, -0.2) is 20.4 Å². The molecule has 0 atom stereocenters. The summed E-state index contributed by atoms with van der Waals surface area (Å²) in [5.74, 6) is -0.0239. The number of benzene rings is 2. The zero-order valence-corrected chi connectivity index (χ0v) is 13.6. The van der Waals surface area contributed by atoms with Crippen molar-refractivity contribution in [1.29, 1.82) is 0 Å². The molecule has 0 saturated heterocycles. The second-order valence-corrected chi connectivity index (χ2v) is 5.62. The molecule has 7 heteroatoms. The Hall–Kier alpha value is -3.06. The van der Waals surface area contributed by atoms with Crippen molar-refractivity contribution in [2.45, 2.75) is 5.92 Å². The molecule has 7 nitrogen and oxygen atoms in total. The molecule has 3 amide bonds. The summed E-state index contributed by atoms with van der Waals surface area (Å²) in [6.07, 6.45) is -0.718. The third-order valence-corrected chi connectivity index (χ3v) is 4.05. The number of rotatable bonds is 4. The lowest BCUT2D eigenvalue weighted by Gasteiger charge is -2.15.